The van der Waals surface area contributed by atoms with Crippen molar-refractivity contribution in [2.45, 2.75) is 12.8 Å². The maximum atomic E-state index is 11.7. The zero-order chi connectivity index (χ0) is 16.2. The number of nitrogens with zero attached hydrogens (tertiary/aromatic N) is 1. The molecular weight excluding hydrogens is 302 g/mol. The van der Waals surface area contributed by atoms with Gasteiger partial charge < -0.3 is 9.47 Å². The van der Waals surface area contributed by atoms with E-state index in [4.69, 9.17) is 11.6 Å². The Morgan fingerprint density at radius 1 is 1.19 bits per heavy atom. The molecule has 0 spiro atoms. The number of rotatable bonds is 5. The number of benzene rings is 1. The fourth-order valence-electron chi connectivity index (χ4n) is 1.78. The van der Waals surface area contributed by atoms with Crippen LogP contribution >= 0.6 is 11.6 Å². The second-order valence-electron chi connectivity index (χ2n) is 4.04. The van der Waals surface area contributed by atoms with Crippen molar-refractivity contribution in [3.05, 3.63) is 33.2 Å². The van der Waals surface area contributed by atoms with Crippen molar-refractivity contribution in [1.29, 1.82) is 0 Å². The van der Waals surface area contributed by atoms with E-state index in [0.29, 0.717) is 0 Å². The SMILES string of the molecule is COC(=O)c1cc(N=O)c(C(C(C)=O)C(=O)OC)cc1Cl. The summed E-state index contributed by atoms with van der Waals surface area (Å²) in [7, 11) is 2.25. The highest BCUT2D eigenvalue weighted by Crippen LogP contribution is 2.34. The van der Waals surface area contributed by atoms with Gasteiger partial charge in [0.15, 0.2) is 0 Å². The minimum Gasteiger partial charge on any atom is -0.468 e. The number of hydrogen-bond acceptors (Lipinski definition) is 7. The topological polar surface area (TPSA) is 99.1 Å². The van der Waals surface area contributed by atoms with Gasteiger partial charge in [-0.2, -0.15) is 0 Å². The van der Waals surface area contributed by atoms with Crippen LogP contribution in [0.3, 0.4) is 0 Å². The minimum absolute atomic E-state index is 0.0259. The molecule has 0 aliphatic rings. The van der Waals surface area contributed by atoms with Gasteiger partial charge in [-0.1, -0.05) is 11.6 Å². The lowest BCUT2D eigenvalue weighted by Gasteiger charge is -2.14. The minimum atomic E-state index is -1.34. The maximum Gasteiger partial charge on any atom is 0.339 e. The molecule has 21 heavy (non-hydrogen) atoms. The highest BCUT2D eigenvalue weighted by molar-refractivity contribution is 6.34. The van der Waals surface area contributed by atoms with Gasteiger partial charge in [-0.05, 0) is 24.2 Å². The van der Waals surface area contributed by atoms with Crippen molar-refractivity contribution in [3.63, 3.8) is 0 Å². The molecule has 0 saturated heterocycles. The Morgan fingerprint density at radius 3 is 2.24 bits per heavy atom. The Labute approximate surface area is 125 Å². The lowest BCUT2D eigenvalue weighted by molar-refractivity contribution is -0.145. The maximum absolute atomic E-state index is 11.7. The number of hydrogen-bond donors (Lipinski definition) is 0. The summed E-state index contributed by atoms with van der Waals surface area (Å²) < 4.78 is 9.04. The van der Waals surface area contributed by atoms with Crippen LogP contribution in [0, 0.1) is 4.91 Å². The number of halogens is 1. The molecule has 8 heteroatoms. The molecule has 0 saturated carbocycles. The second-order valence-corrected chi connectivity index (χ2v) is 4.45. The lowest BCUT2D eigenvalue weighted by atomic mass is 9.93. The zero-order valence-corrected chi connectivity index (χ0v) is 12.3. The Morgan fingerprint density at radius 2 is 1.81 bits per heavy atom. The molecule has 112 valence electrons. The predicted octanol–water partition coefficient (Wildman–Crippen LogP) is 2.37. The van der Waals surface area contributed by atoms with Crippen LogP contribution in [0.2, 0.25) is 5.02 Å². The van der Waals surface area contributed by atoms with Crippen molar-refractivity contribution in [3.8, 4) is 0 Å². The summed E-state index contributed by atoms with van der Waals surface area (Å²) in [6, 6.07) is 2.23. The summed E-state index contributed by atoms with van der Waals surface area (Å²) in [5.74, 6) is -3.51. The van der Waals surface area contributed by atoms with Gasteiger partial charge in [0.05, 0.1) is 24.8 Å². The van der Waals surface area contributed by atoms with E-state index < -0.39 is 23.6 Å². The summed E-state index contributed by atoms with van der Waals surface area (Å²) >= 11 is 5.92. The van der Waals surface area contributed by atoms with Crippen LogP contribution in [0.25, 0.3) is 0 Å². The van der Waals surface area contributed by atoms with E-state index in [1.807, 2.05) is 0 Å². The fourth-order valence-corrected chi connectivity index (χ4v) is 2.03. The predicted molar refractivity (Wildman–Crippen MR) is 73.7 cm³/mol. The number of esters is 2. The first-order valence-corrected chi connectivity index (χ1v) is 6.08. The molecule has 0 N–H and O–H groups in total. The van der Waals surface area contributed by atoms with Crippen LogP contribution in [0.4, 0.5) is 5.69 Å². The number of nitroso groups, excluding NO2 is 1. The highest BCUT2D eigenvalue weighted by atomic mass is 35.5. The van der Waals surface area contributed by atoms with Crippen LogP contribution in [-0.4, -0.2) is 31.9 Å². The number of carbonyl (C=O) groups is 3. The molecule has 0 heterocycles. The molecule has 0 radical (unpaired) electrons. The molecule has 1 rings (SSSR count). The summed E-state index contributed by atoms with van der Waals surface area (Å²) in [6.07, 6.45) is 0. The fraction of sp³-hybridized carbons (Fsp3) is 0.308. The van der Waals surface area contributed by atoms with Crippen LogP contribution in [0.15, 0.2) is 17.3 Å². The number of methoxy groups -OCH3 is 2. The number of ether oxygens (including phenoxy) is 2. The average Bonchev–Trinajstić information content (AvgIpc) is 2.46. The third-order valence-electron chi connectivity index (χ3n) is 2.77. The highest BCUT2D eigenvalue weighted by Gasteiger charge is 2.30. The Hall–Kier alpha value is -2.28. The molecule has 0 bridgehead atoms. The van der Waals surface area contributed by atoms with E-state index in [9.17, 15) is 19.3 Å². The molecule has 1 aromatic carbocycles. The van der Waals surface area contributed by atoms with E-state index in [0.717, 1.165) is 33.3 Å². The van der Waals surface area contributed by atoms with Gasteiger partial charge in [-0.15, -0.1) is 4.91 Å². The van der Waals surface area contributed by atoms with Gasteiger partial charge in [-0.3, -0.25) is 9.59 Å². The van der Waals surface area contributed by atoms with Gasteiger partial charge >= 0.3 is 11.9 Å². The lowest BCUT2D eigenvalue weighted by Crippen LogP contribution is -2.21. The monoisotopic (exact) mass is 313 g/mol. The van der Waals surface area contributed by atoms with Gasteiger partial charge in [0, 0.05) is 5.56 Å². The standard InChI is InChI=1S/C13H12ClNO6/c1-6(16)11(13(18)21-3)8-4-9(14)7(12(17)20-2)5-10(8)15-19/h4-5,11H,1-3H3. The zero-order valence-electron chi connectivity index (χ0n) is 11.5. The van der Waals surface area contributed by atoms with Crippen molar-refractivity contribution in [2.75, 3.05) is 14.2 Å². The number of ketones is 1. The molecule has 0 fully saturated rings. The van der Waals surface area contributed by atoms with E-state index >= 15 is 0 Å². The third kappa shape index (κ3) is 3.43. The quantitative estimate of drug-likeness (QED) is 0.470. The van der Waals surface area contributed by atoms with Gasteiger partial charge in [0.1, 0.15) is 17.4 Å². The molecule has 0 amide bonds. The third-order valence-corrected chi connectivity index (χ3v) is 3.09. The van der Waals surface area contributed by atoms with E-state index in [1.165, 1.54) is 0 Å². The van der Waals surface area contributed by atoms with Gasteiger partial charge in [0.25, 0.3) is 0 Å². The van der Waals surface area contributed by atoms with E-state index in [-0.39, 0.29) is 21.8 Å². The van der Waals surface area contributed by atoms with Crippen LogP contribution in [0.5, 0.6) is 0 Å². The van der Waals surface area contributed by atoms with Crippen LogP contribution in [0.1, 0.15) is 28.8 Å². The molecule has 1 atom stereocenters. The Kier molecular flexibility index (Phi) is 5.54. The van der Waals surface area contributed by atoms with E-state index in [2.05, 4.69) is 14.7 Å². The Balaban J connectivity index is 3.52. The molecule has 0 aromatic heterocycles. The first-order valence-electron chi connectivity index (χ1n) is 5.70. The summed E-state index contributed by atoms with van der Waals surface area (Å²) in [5, 5.41) is 2.66. The summed E-state index contributed by atoms with van der Waals surface area (Å²) in [5.41, 5.74) is -0.378. The number of carbonyl (C=O) groups excluding carboxylic acids is 3. The number of Topliss-reactive ketones (excluding diaryl/α,β-unsaturated/α-hetero) is 1. The normalized spacial score (nSPS) is 11.4. The van der Waals surface area contributed by atoms with E-state index in [1.54, 1.807) is 0 Å². The average molecular weight is 314 g/mol. The Bertz CT molecular complexity index is 613. The smallest absolute Gasteiger partial charge is 0.339 e. The molecule has 1 aromatic rings. The summed E-state index contributed by atoms with van der Waals surface area (Å²) in [6.45, 7) is 1.16. The molecule has 7 nitrogen and oxygen atoms in total. The van der Waals surface area contributed by atoms with Crippen LogP contribution in [-0.2, 0) is 19.1 Å². The molecule has 0 aliphatic carbocycles. The first kappa shape index (κ1) is 16.8. The van der Waals surface area contributed by atoms with Gasteiger partial charge in [-0.25, -0.2) is 4.79 Å². The van der Waals surface area contributed by atoms with Gasteiger partial charge in [0.2, 0.25) is 0 Å². The second kappa shape index (κ2) is 6.94. The van der Waals surface area contributed by atoms with Crippen molar-refractivity contribution in [2.24, 2.45) is 5.18 Å². The first-order chi connectivity index (χ1) is 9.87. The molecule has 0 aliphatic heterocycles. The molecule has 1 unspecified atom stereocenters. The van der Waals surface area contributed by atoms with Crippen molar-refractivity contribution < 1.29 is 23.9 Å². The van der Waals surface area contributed by atoms with Crippen LogP contribution < -0.4 is 0 Å². The molecular formula is C13H12ClNO6. The van der Waals surface area contributed by atoms with Crippen molar-refractivity contribution >= 4 is 35.0 Å². The largest absolute Gasteiger partial charge is 0.468 e. The van der Waals surface area contributed by atoms with Crippen molar-refractivity contribution in [1.82, 2.24) is 0 Å². The summed E-state index contributed by atoms with van der Waals surface area (Å²) in [4.78, 5) is 45.7.